The molecule has 106 valence electrons. The molecule has 1 atom stereocenters. The summed E-state index contributed by atoms with van der Waals surface area (Å²) in [6.45, 7) is 11.0. The van der Waals surface area contributed by atoms with Crippen LogP contribution in [0.1, 0.15) is 45.2 Å². The molecule has 19 heavy (non-hydrogen) atoms. The van der Waals surface area contributed by atoms with Crippen LogP contribution in [0.3, 0.4) is 0 Å². The molecule has 0 bridgehead atoms. The molecule has 2 N–H and O–H groups in total. The molecule has 0 spiro atoms. The Hall–Kier alpha value is -1.51. The number of hydrogen-bond acceptors (Lipinski definition) is 2. The lowest BCUT2D eigenvalue weighted by molar-refractivity contribution is -0.141. The zero-order valence-corrected chi connectivity index (χ0v) is 12.6. The van der Waals surface area contributed by atoms with E-state index in [1.807, 2.05) is 13.0 Å². The maximum absolute atomic E-state index is 11.0. The molecule has 0 heterocycles. The third-order valence-electron chi connectivity index (χ3n) is 3.47. The minimum Gasteiger partial charge on any atom is -0.481 e. The van der Waals surface area contributed by atoms with Gasteiger partial charge in [0.05, 0.1) is 5.92 Å². The molecule has 3 heteroatoms. The summed E-state index contributed by atoms with van der Waals surface area (Å²) in [6.07, 6.45) is 0.640. The van der Waals surface area contributed by atoms with Gasteiger partial charge in [0.1, 0.15) is 0 Å². The first-order chi connectivity index (χ1) is 8.75. The predicted molar refractivity (Wildman–Crippen MR) is 79.8 cm³/mol. The summed E-state index contributed by atoms with van der Waals surface area (Å²) in [7, 11) is 0. The second kappa shape index (κ2) is 6.09. The summed E-state index contributed by atoms with van der Waals surface area (Å²) in [5, 5.41) is 12.3. The van der Waals surface area contributed by atoms with Crippen LogP contribution in [-0.4, -0.2) is 17.6 Å². The van der Waals surface area contributed by atoms with E-state index >= 15 is 0 Å². The fourth-order valence-electron chi connectivity index (χ4n) is 1.97. The van der Waals surface area contributed by atoms with Crippen LogP contribution in [0.25, 0.3) is 0 Å². The van der Waals surface area contributed by atoms with E-state index in [0.717, 1.165) is 11.3 Å². The van der Waals surface area contributed by atoms with Gasteiger partial charge in [0.25, 0.3) is 0 Å². The molecule has 0 aromatic heterocycles. The van der Waals surface area contributed by atoms with Crippen molar-refractivity contribution in [1.29, 1.82) is 0 Å². The SMILES string of the molecule is CCC(CNc1ccc(C(C)(C)C)cc1C)C(=O)O. The van der Waals surface area contributed by atoms with E-state index in [-0.39, 0.29) is 11.3 Å². The summed E-state index contributed by atoms with van der Waals surface area (Å²) in [5.74, 6) is -1.07. The van der Waals surface area contributed by atoms with Gasteiger partial charge in [-0.1, -0.05) is 39.8 Å². The van der Waals surface area contributed by atoms with Crippen LogP contribution in [0, 0.1) is 12.8 Å². The summed E-state index contributed by atoms with van der Waals surface area (Å²) < 4.78 is 0. The Morgan fingerprint density at radius 1 is 1.37 bits per heavy atom. The van der Waals surface area contributed by atoms with Crippen LogP contribution in [0.2, 0.25) is 0 Å². The van der Waals surface area contributed by atoms with Gasteiger partial charge >= 0.3 is 5.97 Å². The molecule has 0 aliphatic carbocycles. The third-order valence-corrected chi connectivity index (χ3v) is 3.47. The Morgan fingerprint density at radius 2 is 2.00 bits per heavy atom. The molecule has 1 aromatic rings. The minimum atomic E-state index is -0.737. The first kappa shape index (κ1) is 15.5. The van der Waals surface area contributed by atoms with Crippen molar-refractivity contribution in [3.63, 3.8) is 0 Å². The fourth-order valence-corrected chi connectivity index (χ4v) is 1.97. The second-order valence-corrected chi connectivity index (χ2v) is 6.10. The quantitative estimate of drug-likeness (QED) is 0.849. The van der Waals surface area contributed by atoms with E-state index in [2.05, 4.69) is 45.1 Å². The van der Waals surface area contributed by atoms with Crippen molar-refractivity contribution in [2.75, 3.05) is 11.9 Å². The molecule has 1 unspecified atom stereocenters. The zero-order chi connectivity index (χ0) is 14.6. The third kappa shape index (κ3) is 4.27. The molecule has 3 nitrogen and oxygen atoms in total. The van der Waals surface area contributed by atoms with Gasteiger partial charge in [-0.25, -0.2) is 0 Å². The van der Waals surface area contributed by atoms with E-state index in [9.17, 15) is 4.79 Å². The molecule has 0 amide bonds. The second-order valence-electron chi connectivity index (χ2n) is 6.10. The molecule has 0 saturated heterocycles. The number of nitrogens with one attached hydrogen (secondary N) is 1. The van der Waals surface area contributed by atoms with E-state index in [4.69, 9.17) is 5.11 Å². The van der Waals surface area contributed by atoms with E-state index in [1.54, 1.807) is 0 Å². The molecule has 0 fully saturated rings. The molecule has 1 rings (SSSR count). The van der Waals surface area contributed by atoms with Gasteiger partial charge in [-0.05, 0) is 36.0 Å². The van der Waals surface area contributed by atoms with Crippen molar-refractivity contribution in [3.8, 4) is 0 Å². The maximum atomic E-state index is 11.0. The number of benzene rings is 1. The molecule has 1 aromatic carbocycles. The Morgan fingerprint density at radius 3 is 2.42 bits per heavy atom. The van der Waals surface area contributed by atoms with Crippen LogP contribution in [0.15, 0.2) is 18.2 Å². The number of aryl methyl sites for hydroxylation is 1. The Balaban J connectivity index is 2.78. The molecule has 0 saturated carbocycles. The van der Waals surface area contributed by atoms with Crippen molar-refractivity contribution in [2.45, 2.75) is 46.5 Å². The van der Waals surface area contributed by atoms with Crippen molar-refractivity contribution >= 4 is 11.7 Å². The first-order valence-electron chi connectivity index (χ1n) is 6.83. The average Bonchev–Trinajstić information content (AvgIpc) is 2.29. The topological polar surface area (TPSA) is 49.3 Å². The van der Waals surface area contributed by atoms with Crippen molar-refractivity contribution in [2.24, 2.45) is 5.92 Å². The van der Waals surface area contributed by atoms with Crippen LogP contribution in [-0.2, 0) is 10.2 Å². The fraction of sp³-hybridized carbons (Fsp3) is 0.562. The van der Waals surface area contributed by atoms with Crippen molar-refractivity contribution in [1.82, 2.24) is 0 Å². The highest BCUT2D eigenvalue weighted by atomic mass is 16.4. The number of carboxylic acids is 1. The van der Waals surface area contributed by atoms with Crippen LogP contribution in [0.5, 0.6) is 0 Å². The predicted octanol–water partition coefficient (Wildman–Crippen LogP) is 3.82. The number of anilines is 1. The molecular weight excluding hydrogens is 238 g/mol. The van der Waals surface area contributed by atoms with E-state index in [1.165, 1.54) is 5.56 Å². The van der Waals surface area contributed by atoms with Crippen LogP contribution < -0.4 is 5.32 Å². The van der Waals surface area contributed by atoms with Gasteiger partial charge in [0.15, 0.2) is 0 Å². The average molecular weight is 263 g/mol. The molecule has 0 aliphatic heterocycles. The lowest BCUT2D eigenvalue weighted by Gasteiger charge is -2.21. The van der Waals surface area contributed by atoms with E-state index in [0.29, 0.717) is 13.0 Å². The molecule has 0 aliphatic rings. The highest BCUT2D eigenvalue weighted by Crippen LogP contribution is 2.26. The number of aliphatic carboxylic acids is 1. The minimum absolute atomic E-state index is 0.135. The Kier molecular flexibility index (Phi) is 4.98. The molecular formula is C16H25NO2. The normalized spacial score (nSPS) is 13.1. The number of carboxylic acid groups (broad SMARTS) is 1. The van der Waals surface area contributed by atoms with E-state index < -0.39 is 5.97 Å². The smallest absolute Gasteiger partial charge is 0.308 e. The number of carbonyl (C=O) groups is 1. The monoisotopic (exact) mass is 263 g/mol. The van der Waals surface area contributed by atoms with Gasteiger partial charge in [0.2, 0.25) is 0 Å². The summed E-state index contributed by atoms with van der Waals surface area (Å²) in [6, 6.07) is 6.32. The summed E-state index contributed by atoms with van der Waals surface area (Å²) >= 11 is 0. The standard InChI is InChI=1S/C16H25NO2/c1-6-12(15(18)19)10-17-14-8-7-13(9-11(14)2)16(3,4)5/h7-9,12,17H,6,10H2,1-5H3,(H,18,19). The van der Waals surface area contributed by atoms with Gasteiger partial charge in [-0.3, -0.25) is 4.79 Å². The van der Waals surface area contributed by atoms with Crippen molar-refractivity contribution < 1.29 is 9.90 Å². The highest BCUT2D eigenvalue weighted by Gasteiger charge is 2.16. The lowest BCUT2D eigenvalue weighted by Crippen LogP contribution is -2.22. The van der Waals surface area contributed by atoms with Gasteiger partial charge in [-0.15, -0.1) is 0 Å². The number of hydrogen-bond donors (Lipinski definition) is 2. The number of rotatable bonds is 5. The summed E-state index contributed by atoms with van der Waals surface area (Å²) in [5.41, 5.74) is 3.61. The van der Waals surface area contributed by atoms with Crippen LogP contribution >= 0.6 is 0 Å². The Labute approximate surface area is 116 Å². The van der Waals surface area contributed by atoms with Crippen LogP contribution in [0.4, 0.5) is 5.69 Å². The lowest BCUT2D eigenvalue weighted by atomic mass is 9.86. The van der Waals surface area contributed by atoms with Gasteiger partial charge in [-0.2, -0.15) is 0 Å². The highest BCUT2D eigenvalue weighted by molar-refractivity contribution is 5.71. The molecule has 0 radical (unpaired) electrons. The Bertz CT molecular complexity index is 447. The van der Waals surface area contributed by atoms with Crippen molar-refractivity contribution in [3.05, 3.63) is 29.3 Å². The maximum Gasteiger partial charge on any atom is 0.308 e. The van der Waals surface area contributed by atoms with Gasteiger partial charge in [0, 0.05) is 12.2 Å². The first-order valence-corrected chi connectivity index (χ1v) is 6.83. The summed E-state index contributed by atoms with van der Waals surface area (Å²) in [4.78, 5) is 11.0. The van der Waals surface area contributed by atoms with Gasteiger partial charge < -0.3 is 10.4 Å². The zero-order valence-electron chi connectivity index (χ0n) is 12.6. The largest absolute Gasteiger partial charge is 0.481 e.